The summed E-state index contributed by atoms with van der Waals surface area (Å²) >= 11 is 3.55. The van der Waals surface area contributed by atoms with Gasteiger partial charge in [-0.3, -0.25) is 10.1 Å². The summed E-state index contributed by atoms with van der Waals surface area (Å²) < 4.78 is 6.69. The van der Waals surface area contributed by atoms with E-state index in [4.69, 9.17) is 4.74 Å². The fourth-order valence-corrected chi connectivity index (χ4v) is 3.16. The van der Waals surface area contributed by atoms with Gasteiger partial charge in [0.1, 0.15) is 12.4 Å². The molecule has 0 aliphatic rings. The highest BCUT2D eigenvalue weighted by Crippen LogP contribution is 2.27. The molecule has 0 aliphatic carbocycles. The van der Waals surface area contributed by atoms with Gasteiger partial charge >= 0.3 is 0 Å². The van der Waals surface area contributed by atoms with Crippen LogP contribution in [0.3, 0.4) is 0 Å². The second-order valence-corrected chi connectivity index (χ2v) is 7.00. The molecule has 0 aromatic heterocycles. The molecule has 0 heterocycles. The van der Waals surface area contributed by atoms with Gasteiger partial charge in [-0.1, -0.05) is 24.3 Å². The number of anilines is 1. The number of halogens is 1. The fraction of sp³-hybridized carbons (Fsp3) is 0.143. The number of ether oxygens (including phenoxy) is 1. The van der Waals surface area contributed by atoms with Gasteiger partial charge in [-0.15, -0.1) is 0 Å². The number of hydrogen-bond acceptors (Lipinski definition) is 4. The van der Waals surface area contributed by atoms with Crippen molar-refractivity contribution in [2.45, 2.75) is 20.1 Å². The van der Waals surface area contributed by atoms with Crippen LogP contribution >= 0.6 is 15.9 Å². The van der Waals surface area contributed by atoms with Crippen molar-refractivity contribution >= 4 is 27.3 Å². The third kappa shape index (κ3) is 5.08. The molecule has 0 radical (unpaired) electrons. The van der Waals surface area contributed by atoms with Crippen LogP contribution in [0.2, 0.25) is 0 Å². The summed E-state index contributed by atoms with van der Waals surface area (Å²) in [6, 6.07) is 20.5. The van der Waals surface area contributed by atoms with Crippen LogP contribution in [0, 0.1) is 17.0 Å². The molecule has 3 aromatic carbocycles. The molecule has 0 amide bonds. The van der Waals surface area contributed by atoms with Gasteiger partial charge < -0.3 is 10.1 Å². The summed E-state index contributed by atoms with van der Waals surface area (Å²) in [6.45, 7) is 3.14. The summed E-state index contributed by atoms with van der Waals surface area (Å²) in [5.74, 6) is 0.730. The highest BCUT2D eigenvalue weighted by Gasteiger charge is 2.07. The van der Waals surface area contributed by atoms with Crippen molar-refractivity contribution in [3.63, 3.8) is 0 Å². The number of nitro benzene ring substituents is 1. The molecule has 1 N–H and O–H groups in total. The van der Waals surface area contributed by atoms with Crippen LogP contribution in [-0.2, 0) is 13.2 Å². The zero-order chi connectivity index (χ0) is 19.2. The number of benzene rings is 3. The average Bonchev–Trinajstić information content (AvgIpc) is 2.67. The van der Waals surface area contributed by atoms with Crippen molar-refractivity contribution < 1.29 is 9.66 Å². The van der Waals surface area contributed by atoms with E-state index in [1.54, 1.807) is 12.1 Å². The smallest absolute Gasteiger partial charge is 0.269 e. The van der Waals surface area contributed by atoms with Gasteiger partial charge in [0.15, 0.2) is 0 Å². The lowest BCUT2D eigenvalue weighted by atomic mass is 10.1. The van der Waals surface area contributed by atoms with Crippen molar-refractivity contribution in [3.05, 3.63) is 98.0 Å². The SMILES string of the molecule is Cc1ccccc1NCc1ccc(OCc2ccc([N+](=O)[O-])cc2)c(Br)c1. The lowest BCUT2D eigenvalue weighted by Crippen LogP contribution is -2.02. The van der Waals surface area contributed by atoms with E-state index in [1.807, 2.05) is 30.3 Å². The standard InChI is InChI=1S/C21H19BrN2O3/c1-15-4-2-3-5-20(15)23-13-17-8-11-21(19(22)12-17)27-14-16-6-9-18(10-7-16)24(25)26/h2-12,23H,13-14H2,1H3. The Morgan fingerprint density at radius 3 is 2.41 bits per heavy atom. The summed E-state index contributed by atoms with van der Waals surface area (Å²) in [5.41, 5.74) is 4.41. The first-order valence-electron chi connectivity index (χ1n) is 8.47. The Kier molecular flexibility index (Phi) is 6.08. The number of rotatable bonds is 7. The summed E-state index contributed by atoms with van der Waals surface area (Å²) in [6.07, 6.45) is 0. The molecule has 0 atom stereocenters. The molecule has 0 spiro atoms. The van der Waals surface area contributed by atoms with E-state index >= 15 is 0 Å². The first-order valence-corrected chi connectivity index (χ1v) is 9.26. The highest BCUT2D eigenvalue weighted by molar-refractivity contribution is 9.10. The first kappa shape index (κ1) is 18.9. The van der Waals surface area contributed by atoms with Gasteiger partial charge in [0, 0.05) is 24.4 Å². The molecule has 0 aliphatic heterocycles. The van der Waals surface area contributed by atoms with Crippen molar-refractivity contribution in [2.75, 3.05) is 5.32 Å². The Hall–Kier alpha value is -2.86. The highest BCUT2D eigenvalue weighted by atomic mass is 79.9. The van der Waals surface area contributed by atoms with E-state index in [9.17, 15) is 10.1 Å². The minimum Gasteiger partial charge on any atom is -0.488 e. The Morgan fingerprint density at radius 1 is 1.04 bits per heavy atom. The molecule has 5 nitrogen and oxygen atoms in total. The van der Waals surface area contributed by atoms with Crippen LogP contribution in [0.5, 0.6) is 5.75 Å². The van der Waals surface area contributed by atoms with Crippen LogP contribution in [0.1, 0.15) is 16.7 Å². The first-order chi connectivity index (χ1) is 13.0. The molecule has 0 saturated carbocycles. The maximum absolute atomic E-state index is 10.7. The lowest BCUT2D eigenvalue weighted by Gasteiger charge is -2.12. The second kappa shape index (κ2) is 8.68. The monoisotopic (exact) mass is 426 g/mol. The van der Waals surface area contributed by atoms with E-state index in [0.29, 0.717) is 13.2 Å². The lowest BCUT2D eigenvalue weighted by molar-refractivity contribution is -0.384. The van der Waals surface area contributed by atoms with E-state index in [0.717, 1.165) is 27.0 Å². The predicted octanol–water partition coefficient (Wildman–Crippen LogP) is 5.86. The number of hydrogen-bond donors (Lipinski definition) is 1. The number of aryl methyl sites for hydroxylation is 1. The van der Waals surface area contributed by atoms with E-state index < -0.39 is 4.92 Å². The third-order valence-electron chi connectivity index (χ3n) is 4.17. The summed E-state index contributed by atoms with van der Waals surface area (Å²) in [5, 5.41) is 14.1. The van der Waals surface area contributed by atoms with E-state index in [-0.39, 0.29) is 5.69 Å². The van der Waals surface area contributed by atoms with Crippen LogP contribution in [0.4, 0.5) is 11.4 Å². The average molecular weight is 427 g/mol. The van der Waals surface area contributed by atoms with Crippen molar-refractivity contribution in [1.82, 2.24) is 0 Å². The quantitative estimate of drug-likeness (QED) is 0.379. The second-order valence-electron chi connectivity index (χ2n) is 6.15. The molecule has 6 heteroatoms. The molecular weight excluding hydrogens is 408 g/mol. The molecular formula is C21H19BrN2O3. The van der Waals surface area contributed by atoms with Crippen molar-refractivity contribution in [1.29, 1.82) is 0 Å². The molecule has 0 bridgehead atoms. The van der Waals surface area contributed by atoms with Gasteiger partial charge in [-0.25, -0.2) is 0 Å². The number of nitro groups is 1. The largest absolute Gasteiger partial charge is 0.488 e. The Bertz CT molecular complexity index is 942. The zero-order valence-electron chi connectivity index (χ0n) is 14.8. The maximum Gasteiger partial charge on any atom is 0.269 e. The molecule has 27 heavy (non-hydrogen) atoms. The Balaban J connectivity index is 1.59. The van der Waals surface area contributed by atoms with Crippen LogP contribution < -0.4 is 10.1 Å². The Labute approximate surface area is 166 Å². The van der Waals surface area contributed by atoms with Crippen LogP contribution in [0.15, 0.2) is 71.2 Å². The van der Waals surface area contributed by atoms with E-state index in [1.165, 1.54) is 17.7 Å². The molecule has 0 saturated heterocycles. The summed E-state index contributed by atoms with van der Waals surface area (Å²) in [7, 11) is 0. The van der Waals surface area contributed by atoms with Gasteiger partial charge in [0.05, 0.1) is 9.40 Å². The van der Waals surface area contributed by atoms with Crippen molar-refractivity contribution in [2.24, 2.45) is 0 Å². The van der Waals surface area contributed by atoms with Gasteiger partial charge in [0.25, 0.3) is 5.69 Å². The minimum atomic E-state index is -0.412. The number of nitrogens with zero attached hydrogens (tertiary/aromatic N) is 1. The number of para-hydroxylation sites is 1. The fourth-order valence-electron chi connectivity index (χ4n) is 2.61. The Morgan fingerprint density at radius 2 is 1.74 bits per heavy atom. The normalized spacial score (nSPS) is 10.4. The predicted molar refractivity (Wildman–Crippen MR) is 110 cm³/mol. The molecule has 3 aromatic rings. The topological polar surface area (TPSA) is 64.4 Å². The molecule has 0 unspecified atom stereocenters. The van der Waals surface area contributed by atoms with E-state index in [2.05, 4.69) is 40.3 Å². The summed E-state index contributed by atoms with van der Waals surface area (Å²) in [4.78, 5) is 10.3. The van der Waals surface area contributed by atoms with Crippen LogP contribution in [0.25, 0.3) is 0 Å². The number of non-ortho nitro benzene ring substituents is 1. The third-order valence-corrected chi connectivity index (χ3v) is 4.79. The zero-order valence-corrected chi connectivity index (χ0v) is 16.4. The molecule has 138 valence electrons. The molecule has 0 fully saturated rings. The minimum absolute atomic E-state index is 0.0745. The van der Waals surface area contributed by atoms with Crippen LogP contribution in [-0.4, -0.2) is 4.92 Å². The maximum atomic E-state index is 10.7. The van der Waals surface area contributed by atoms with Gasteiger partial charge in [-0.05, 0) is 69.9 Å². The van der Waals surface area contributed by atoms with Gasteiger partial charge in [-0.2, -0.15) is 0 Å². The molecule has 3 rings (SSSR count). The van der Waals surface area contributed by atoms with Gasteiger partial charge in [0.2, 0.25) is 0 Å². The van der Waals surface area contributed by atoms with Crippen molar-refractivity contribution in [3.8, 4) is 5.75 Å². The number of nitrogens with one attached hydrogen (secondary N) is 1.